The highest BCUT2D eigenvalue weighted by atomic mass is 79.9. The van der Waals surface area contributed by atoms with E-state index < -0.39 is 0 Å². The van der Waals surface area contributed by atoms with E-state index in [4.69, 9.17) is 0 Å². The number of rotatable bonds is 2. The van der Waals surface area contributed by atoms with Crippen LogP contribution in [0, 0.1) is 0 Å². The number of aromatic nitrogens is 2. The molecule has 0 amide bonds. The first-order chi connectivity index (χ1) is 16.7. The summed E-state index contributed by atoms with van der Waals surface area (Å²) in [5.41, 5.74) is 7.12. The largest absolute Gasteiger partial charge is 0.309 e. The van der Waals surface area contributed by atoms with Gasteiger partial charge in [0, 0.05) is 41.9 Å². The minimum absolute atomic E-state index is 1.08. The van der Waals surface area contributed by atoms with Crippen molar-refractivity contribution in [2.45, 2.75) is 0 Å². The molecule has 2 heterocycles. The predicted molar refractivity (Wildman–Crippen MR) is 151 cm³/mol. The SMILES string of the molecule is Brc1ccc2c3ccccc3n(-c3ccc(-n4c5ccccc5c5ccc(Br)cc54)cc3)c2c1. The maximum Gasteiger partial charge on any atom is 0.0552 e. The molecule has 0 saturated carbocycles. The molecule has 2 nitrogen and oxygen atoms in total. The molecule has 0 aliphatic heterocycles. The molecular formula is C30H18Br2N2. The van der Waals surface area contributed by atoms with Gasteiger partial charge in [-0.15, -0.1) is 0 Å². The topological polar surface area (TPSA) is 9.86 Å². The summed E-state index contributed by atoms with van der Waals surface area (Å²) < 4.78 is 6.86. The lowest BCUT2D eigenvalue weighted by atomic mass is 10.2. The van der Waals surface area contributed by atoms with Crippen molar-refractivity contribution in [2.24, 2.45) is 0 Å². The van der Waals surface area contributed by atoms with E-state index in [1.165, 1.54) is 43.6 Å². The molecule has 2 aromatic heterocycles. The summed E-state index contributed by atoms with van der Waals surface area (Å²) in [6.07, 6.45) is 0. The van der Waals surface area contributed by atoms with Crippen LogP contribution in [0.2, 0.25) is 0 Å². The summed E-state index contributed by atoms with van der Waals surface area (Å²) in [5.74, 6) is 0. The molecular weight excluding hydrogens is 548 g/mol. The lowest BCUT2D eigenvalue weighted by Crippen LogP contribution is -1.97. The number of nitrogens with zero attached hydrogens (tertiary/aromatic N) is 2. The molecule has 0 saturated heterocycles. The van der Waals surface area contributed by atoms with Gasteiger partial charge in [-0.25, -0.2) is 0 Å². The van der Waals surface area contributed by atoms with Crippen LogP contribution in [0.25, 0.3) is 55.0 Å². The third-order valence-corrected chi connectivity index (χ3v) is 7.62. The van der Waals surface area contributed by atoms with Gasteiger partial charge in [0.2, 0.25) is 0 Å². The number of fused-ring (bicyclic) bond motifs is 6. The van der Waals surface area contributed by atoms with Gasteiger partial charge in [-0.3, -0.25) is 0 Å². The van der Waals surface area contributed by atoms with E-state index in [9.17, 15) is 0 Å². The fourth-order valence-corrected chi connectivity index (χ4v) is 5.89. The summed E-state index contributed by atoms with van der Waals surface area (Å²) >= 11 is 7.33. The number of halogens is 2. The van der Waals surface area contributed by atoms with Gasteiger partial charge >= 0.3 is 0 Å². The van der Waals surface area contributed by atoms with Crippen LogP contribution < -0.4 is 0 Å². The molecule has 7 aromatic rings. The Balaban J connectivity index is 1.47. The molecule has 0 spiro atoms. The predicted octanol–water partition coefficient (Wildman–Crippen LogP) is 9.41. The second-order valence-electron chi connectivity index (χ2n) is 8.54. The van der Waals surface area contributed by atoms with Crippen molar-refractivity contribution in [3.63, 3.8) is 0 Å². The molecule has 0 unspecified atom stereocenters. The Morgan fingerprint density at radius 2 is 0.765 bits per heavy atom. The van der Waals surface area contributed by atoms with E-state index in [0.717, 1.165) is 20.3 Å². The van der Waals surface area contributed by atoms with Crippen LogP contribution in [0.1, 0.15) is 0 Å². The summed E-state index contributed by atoms with van der Waals surface area (Å²) in [6, 6.07) is 39.1. The zero-order valence-corrected chi connectivity index (χ0v) is 21.2. The van der Waals surface area contributed by atoms with Crippen LogP contribution in [0.5, 0.6) is 0 Å². The molecule has 0 N–H and O–H groups in total. The second-order valence-corrected chi connectivity index (χ2v) is 10.4. The third kappa shape index (κ3) is 2.92. The summed E-state index contributed by atoms with van der Waals surface area (Å²) in [6.45, 7) is 0. The van der Waals surface area contributed by atoms with Crippen molar-refractivity contribution in [2.75, 3.05) is 0 Å². The van der Waals surface area contributed by atoms with Gasteiger partial charge < -0.3 is 9.13 Å². The van der Waals surface area contributed by atoms with Crippen LogP contribution in [0.15, 0.2) is 118 Å². The van der Waals surface area contributed by atoms with E-state index >= 15 is 0 Å². The third-order valence-electron chi connectivity index (χ3n) is 6.64. The fraction of sp³-hybridized carbons (Fsp3) is 0. The zero-order valence-electron chi connectivity index (χ0n) is 18.0. The Labute approximate surface area is 213 Å². The molecule has 4 heteroatoms. The van der Waals surface area contributed by atoms with Crippen LogP contribution in [0.4, 0.5) is 0 Å². The second kappa shape index (κ2) is 7.59. The molecule has 0 aliphatic rings. The Hall–Kier alpha value is -3.34. The van der Waals surface area contributed by atoms with E-state index in [1.54, 1.807) is 0 Å². The molecule has 162 valence electrons. The van der Waals surface area contributed by atoms with E-state index in [-0.39, 0.29) is 0 Å². The van der Waals surface area contributed by atoms with E-state index in [2.05, 4.69) is 150 Å². The minimum atomic E-state index is 1.08. The molecule has 0 bridgehead atoms. The number of hydrogen-bond acceptors (Lipinski definition) is 0. The number of hydrogen-bond donors (Lipinski definition) is 0. The minimum Gasteiger partial charge on any atom is -0.309 e. The molecule has 0 aliphatic carbocycles. The molecule has 0 radical (unpaired) electrons. The van der Waals surface area contributed by atoms with Gasteiger partial charge in [0.1, 0.15) is 0 Å². The summed E-state index contributed by atoms with van der Waals surface area (Å²) in [4.78, 5) is 0. The van der Waals surface area contributed by atoms with Crippen LogP contribution >= 0.6 is 31.9 Å². The Kier molecular flexibility index (Phi) is 4.48. The standard InChI is InChI=1S/C30H18Br2N2/c31-19-9-15-25-23-5-1-3-7-27(23)33(29(25)17-19)21-11-13-22(14-12-21)34-28-8-4-2-6-24(28)26-16-10-20(32)18-30(26)34/h1-18H. The van der Waals surface area contributed by atoms with Gasteiger partial charge in [0.05, 0.1) is 22.1 Å². The highest BCUT2D eigenvalue weighted by Crippen LogP contribution is 2.36. The Bertz CT molecular complexity index is 1740. The zero-order chi connectivity index (χ0) is 22.8. The van der Waals surface area contributed by atoms with Crippen molar-refractivity contribution >= 4 is 75.5 Å². The smallest absolute Gasteiger partial charge is 0.0552 e. The van der Waals surface area contributed by atoms with Crippen molar-refractivity contribution in [1.82, 2.24) is 9.13 Å². The van der Waals surface area contributed by atoms with Crippen LogP contribution in [-0.4, -0.2) is 9.13 Å². The van der Waals surface area contributed by atoms with Crippen LogP contribution in [-0.2, 0) is 0 Å². The monoisotopic (exact) mass is 564 g/mol. The van der Waals surface area contributed by atoms with Crippen molar-refractivity contribution in [1.29, 1.82) is 0 Å². The van der Waals surface area contributed by atoms with Gasteiger partial charge in [-0.2, -0.15) is 0 Å². The first-order valence-electron chi connectivity index (χ1n) is 11.2. The average Bonchev–Trinajstić information content (AvgIpc) is 3.36. The Morgan fingerprint density at radius 3 is 1.21 bits per heavy atom. The van der Waals surface area contributed by atoms with Gasteiger partial charge in [0.15, 0.2) is 0 Å². The Morgan fingerprint density at radius 1 is 0.382 bits per heavy atom. The summed E-state index contributed by atoms with van der Waals surface area (Å²) in [5, 5.41) is 5.05. The maximum absolute atomic E-state index is 3.67. The lowest BCUT2D eigenvalue weighted by molar-refractivity contribution is 1.14. The highest BCUT2D eigenvalue weighted by Gasteiger charge is 2.14. The van der Waals surface area contributed by atoms with E-state index in [1.807, 2.05) is 0 Å². The normalized spacial score (nSPS) is 11.8. The summed E-state index contributed by atoms with van der Waals surface area (Å²) in [7, 11) is 0. The molecule has 7 rings (SSSR count). The van der Waals surface area contributed by atoms with E-state index in [0.29, 0.717) is 0 Å². The van der Waals surface area contributed by atoms with Crippen molar-refractivity contribution in [3.05, 3.63) is 118 Å². The van der Waals surface area contributed by atoms with Crippen molar-refractivity contribution < 1.29 is 0 Å². The van der Waals surface area contributed by atoms with Gasteiger partial charge in [-0.05, 0) is 60.7 Å². The molecule has 5 aromatic carbocycles. The number of para-hydroxylation sites is 2. The van der Waals surface area contributed by atoms with Gasteiger partial charge in [0.25, 0.3) is 0 Å². The molecule has 34 heavy (non-hydrogen) atoms. The van der Waals surface area contributed by atoms with Crippen molar-refractivity contribution in [3.8, 4) is 11.4 Å². The first kappa shape index (κ1) is 20.1. The first-order valence-corrected chi connectivity index (χ1v) is 12.8. The quantitative estimate of drug-likeness (QED) is 0.197. The molecule has 0 atom stereocenters. The average molecular weight is 566 g/mol. The molecule has 0 fully saturated rings. The maximum atomic E-state index is 3.67. The van der Waals surface area contributed by atoms with Crippen LogP contribution in [0.3, 0.4) is 0 Å². The van der Waals surface area contributed by atoms with Gasteiger partial charge in [-0.1, -0.05) is 80.4 Å². The number of benzene rings is 5. The lowest BCUT2D eigenvalue weighted by Gasteiger charge is -2.12. The fourth-order valence-electron chi connectivity index (χ4n) is 5.19. The highest BCUT2D eigenvalue weighted by molar-refractivity contribution is 9.10.